The van der Waals surface area contributed by atoms with Gasteiger partial charge in [0.1, 0.15) is 6.61 Å². The first-order valence-electron chi connectivity index (χ1n) is 6.96. The van der Waals surface area contributed by atoms with Gasteiger partial charge in [-0.3, -0.25) is 4.79 Å². The summed E-state index contributed by atoms with van der Waals surface area (Å²) >= 11 is 0. The summed E-state index contributed by atoms with van der Waals surface area (Å²) in [5.41, 5.74) is 2.51. The van der Waals surface area contributed by atoms with E-state index in [0.29, 0.717) is 17.4 Å². The van der Waals surface area contributed by atoms with Gasteiger partial charge in [-0.2, -0.15) is 5.10 Å². The van der Waals surface area contributed by atoms with E-state index in [2.05, 4.69) is 24.4 Å². The van der Waals surface area contributed by atoms with Gasteiger partial charge in [0.2, 0.25) is 6.10 Å². The van der Waals surface area contributed by atoms with Crippen LogP contribution in [-0.2, 0) is 4.79 Å². The van der Waals surface area contributed by atoms with Crippen LogP contribution in [0, 0.1) is 5.92 Å². The molecule has 1 aliphatic heterocycles. The van der Waals surface area contributed by atoms with Gasteiger partial charge in [-0.05, 0) is 30.9 Å². The van der Waals surface area contributed by atoms with E-state index >= 15 is 0 Å². The first-order chi connectivity index (χ1) is 9.74. The van der Waals surface area contributed by atoms with Crippen molar-refractivity contribution in [2.45, 2.75) is 32.8 Å². The number of hydrogen-bond donors (Lipinski definition) is 1. The van der Waals surface area contributed by atoms with E-state index in [1.807, 2.05) is 18.2 Å². The smallest absolute Gasteiger partial charge is 0.284 e. The molecule has 0 radical (unpaired) electrons. The Morgan fingerprint density at radius 2 is 2.10 bits per heavy atom. The molecular formula is C15H20N2O3. The number of fused-ring (bicyclic) bond motifs is 1. The van der Waals surface area contributed by atoms with E-state index in [4.69, 9.17) is 9.47 Å². The van der Waals surface area contributed by atoms with Crippen LogP contribution in [0.2, 0.25) is 0 Å². The number of nitrogens with one attached hydrogen (secondary N) is 1. The normalized spacial score (nSPS) is 17.4. The number of hydrazone groups is 1. The molecule has 1 aromatic carbocycles. The average Bonchev–Trinajstić information content (AvgIpc) is 2.51. The minimum absolute atomic E-state index is 0.198. The van der Waals surface area contributed by atoms with Crippen LogP contribution in [0.1, 0.15) is 26.7 Å². The second-order valence-electron chi connectivity index (χ2n) is 4.70. The van der Waals surface area contributed by atoms with Gasteiger partial charge in [0, 0.05) is 6.21 Å². The first-order valence-corrected chi connectivity index (χ1v) is 6.96. The lowest BCUT2D eigenvalue weighted by Gasteiger charge is -2.24. The lowest BCUT2D eigenvalue weighted by molar-refractivity contribution is -0.130. The van der Waals surface area contributed by atoms with Gasteiger partial charge in [-0.25, -0.2) is 5.43 Å². The predicted molar refractivity (Wildman–Crippen MR) is 77.1 cm³/mol. The van der Waals surface area contributed by atoms with Gasteiger partial charge in [0.25, 0.3) is 5.91 Å². The van der Waals surface area contributed by atoms with Crippen molar-refractivity contribution in [3.8, 4) is 11.5 Å². The fourth-order valence-electron chi connectivity index (χ4n) is 1.93. The Morgan fingerprint density at radius 1 is 1.40 bits per heavy atom. The van der Waals surface area contributed by atoms with E-state index in [1.165, 1.54) is 0 Å². The molecule has 1 heterocycles. The highest BCUT2D eigenvalue weighted by atomic mass is 16.6. The highest BCUT2D eigenvalue weighted by molar-refractivity contribution is 5.82. The average molecular weight is 276 g/mol. The lowest BCUT2D eigenvalue weighted by Crippen LogP contribution is -2.42. The van der Waals surface area contributed by atoms with Crippen molar-refractivity contribution < 1.29 is 14.3 Å². The third-order valence-corrected chi connectivity index (χ3v) is 3.31. The molecule has 0 unspecified atom stereocenters. The van der Waals surface area contributed by atoms with E-state index in [-0.39, 0.29) is 12.5 Å². The van der Waals surface area contributed by atoms with Crippen molar-refractivity contribution in [3.05, 3.63) is 24.3 Å². The van der Waals surface area contributed by atoms with Crippen LogP contribution < -0.4 is 14.9 Å². The molecule has 1 aromatic rings. The van der Waals surface area contributed by atoms with Crippen molar-refractivity contribution in [2.24, 2.45) is 11.0 Å². The summed E-state index contributed by atoms with van der Waals surface area (Å²) in [5, 5.41) is 3.98. The number of carbonyl (C=O) groups excluding carboxylic acids is 1. The van der Waals surface area contributed by atoms with E-state index in [0.717, 1.165) is 12.8 Å². The number of rotatable bonds is 5. The molecule has 1 atom stereocenters. The van der Waals surface area contributed by atoms with Crippen LogP contribution in [0.5, 0.6) is 11.5 Å². The van der Waals surface area contributed by atoms with Crippen LogP contribution in [0.4, 0.5) is 0 Å². The fourth-order valence-corrected chi connectivity index (χ4v) is 1.93. The van der Waals surface area contributed by atoms with Gasteiger partial charge in [0.05, 0.1) is 0 Å². The Labute approximate surface area is 119 Å². The Balaban J connectivity index is 1.89. The van der Waals surface area contributed by atoms with Crippen molar-refractivity contribution in [1.82, 2.24) is 5.43 Å². The molecule has 1 amide bonds. The molecular weight excluding hydrogens is 256 g/mol. The Bertz CT molecular complexity index is 484. The number of hydrogen-bond acceptors (Lipinski definition) is 4. The van der Waals surface area contributed by atoms with Gasteiger partial charge >= 0.3 is 0 Å². The molecule has 108 valence electrons. The maximum atomic E-state index is 11.9. The fraction of sp³-hybridized carbons (Fsp3) is 0.467. The van der Waals surface area contributed by atoms with Crippen LogP contribution >= 0.6 is 0 Å². The number of ether oxygens (including phenoxy) is 2. The summed E-state index contributed by atoms with van der Waals surface area (Å²) in [7, 11) is 0. The molecule has 0 fully saturated rings. The zero-order chi connectivity index (χ0) is 14.4. The standard InChI is InChI=1S/C15H20N2O3/c1-3-11(4-2)9-16-17-15(18)14-10-19-12-7-5-6-8-13(12)20-14/h5-9,11,14H,3-4,10H2,1-2H3,(H,17,18)/b16-9-/t14-/m1/s1. The molecule has 0 bridgehead atoms. The third-order valence-electron chi connectivity index (χ3n) is 3.31. The van der Waals surface area contributed by atoms with E-state index in [9.17, 15) is 4.79 Å². The molecule has 0 aliphatic carbocycles. The highest BCUT2D eigenvalue weighted by Gasteiger charge is 2.26. The van der Waals surface area contributed by atoms with Crippen molar-refractivity contribution in [1.29, 1.82) is 0 Å². The minimum Gasteiger partial charge on any atom is -0.485 e. The van der Waals surface area contributed by atoms with Gasteiger partial charge in [-0.15, -0.1) is 0 Å². The molecule has 20 heavy (non-hydrogen) atoms. The zero-order valence-electron chi connectivity index (χ0n) is 11.8. The topological polar surface area (TPSA) is 59.9 Å². The predicted octanol–water partition coefficient (Wildman–Crippen LogP) is 2.36. The van der Waals surface area contributed by atoms with Crippen molar-refractivity contribution >= 4 is 12.1 Å². The summed E-state index contributed by atoms with van der Waals surface area (Å²) in [6.07, 6.45) is 3.12. The number of carbonyl (C=O) groups is 1. The van der Waals surface area contributed by atoms with Crippen molar-refractivity contribution in [2.75, 3.05) is 6.61 Å². The Morgan fingerprint density at radius 3 is 2.80 bits per heavy atom. The monoisotopic (exact) mass is 276 g/mol. The second-order valence-corrected chi connectivity index (χ2v) is 4.70. The molecule has 0 aromatic heterocycles. The summed E-state index contributed by atoms with van der Waals surface area (Å²) < 4.78 is 11.1. The quantitative estimate of drug-likeness (QED) is 0.663. The van der Waals surface area contributed by atoms with Gasteiger partial charge in [-0.1, -0.05) is 26.0 Å². The molecule has 2 rings (SSSR count). The SMILES string of the molecule is CCC(/C=N\NC(=O)[C@H]1COc2ccccc2O1)CC. The highest BCUT2D eigenvalue weighted by Crippen LogP contribution is 2.30. The molecule has 1 N–H and O–H groups in total. The van der Waals surface area contributed by atoms with Gasteiger partial charge in [0.15, 0.2) is 11.5 Å². The maximum absolute atomic E-state index is 11.9. The lowest BCUT2D eigenvalue weighted by atomic mass is 10.1. The summed E-state index contributed by atoms with van der Waals surface area (Å²) in [6.45, 7) is 4.39. The molecule has 0 spiro atoms. The van der Waals surface area contributed by atoms with Crippen LogP contribution in [0.25, 0.3) is 0 Å². The Kier molecular flexibility index (Phi) is 4.98. The maximum Gasteiger partial charge on any atom is 0.284 e. The number of para-hydroxylation sites is 2. The minimum atomic E-state index is -0.663. The second kappa shape index (κ2) is 6.93. The van der Waals surface area contributed by atoms with Gasteiger partial charge < -0.3 is 9.47 Å². The Hall–Kier alpha value is -2.04. The number of nitrogens with zero attached hydrogens (tertiary/aromatic N) is 1. The summed E-state index contributed by atoms with van der Waals surface area (Å²) in [4.78, 5) is 11.9. The molecule has 1 aliphatic rings. The molecule has 5 nitrogen and oxygen atoms in total. The number of amides is 1. The number of benzene rings is 1. The zero-order valence-corrected chi connectivity index (χ0v) is 11.8. The van der Waals surface area contributed by atoms with Crippen LogP contribution in [0.3, 0.4) is 0 Å². The first kappa shape index (κ1) is 14.4. The molecule has 5 heteroatoms. The van der Waals surface area contributed by atoms with Crippen LogP contribution in [0.15, 0.2) is 29.4 Å². The summed E-state index contributed by atoms with van der Waals surface area (Å²) in [5.74, 6) is 1.35. The van der Waals surface area contributed by atoms with E-state index in [1.54, 1.807) is 12.3 Å². The third kappa shape index (κ3) is 3.50. The van der Waals surface area contributed by atoms with E-state index < -0.39 is 6.10 Å². The van der Waals surface area contributed by atoms with Crippen molar-refractivity contribution in [3.63, 3.8) is 0 Å². The van der Waals surface area contributed by atoms with Crippen LogP contribution in [-0.4, -0.2) is 24.8 Å². The molecule has 0 saturated carbocycles. The largest absolute Gasteiger partial charge is 0.485 e. The summed E-state index contributed by atoms with van der Waals surface area (Å²) in [6, 6.07) is 7.30. The molecule has 0 saturated heterocycles.